The molecule has 0 bridgehead atoms. The standard InChI is InChI=1S/C21H32N4O.HI/c1-17-14-20(16-25(17)15-19-6-4-3-5-7-19)24-21(22-2)23-11-8-18-9-12-26-13-10-18;/h3-7,9,17,20H,8,10-16H2,1-2H3,(H2,22,23,24);1H. The second-order valence-corrected chi connectivity index (χ2v) is 7.28. The fourth-order valence-electron chi connectivity index (χ4n) is 3.76. The van der Waals surface area contributed by atoms with Gasteiger partial charge in [-0.05, 0) is 31.7 Å². The summed E-state index contributed by atoms with van der Waals surface area (Å²) in [5.74, 6) is 0.913. The van der Waals surface area contributed by atoms with Crippen LogP contribution in [0.2, 0.25) is 0 Å². The third-order valence-electron chi connectivity index (χ3n) is 5.29. The second-order valence-electron chi connectivity index (χ2n) is 7.28. The highest BCUT2D eigenvalue weighted by atomic mass is 127. The molecule has 0 spiro atoms. The molecule has 2 atom stereocenters. The van der Waals surface area contributed by atoms with Gasteiger partial charge >= 0.3 is 0 Å². The largest absolute Gasteiger partial charge is 0.377 e. The molecule has 0 aromatic heterocycles. The molecule has 2 heterocycles. The van der Waals surface area contributed by atoms with Crippen LogP contribution in [-0.2, 0) is 11.3 Å². The number of nitrogens with one attached hydrogen (secondary N) is 2. The smallest absolute Gasteiger partial charge is 0.191 e. The maximum atomic E-state index is 5.36. The lowest BCUT2D eigenvalue weighted by Crippen LogP contribution is -2.44. The number of halogens is 1. The summed E-state index contributed by atoms with van der Waals surface area (Å²) >= 11 is 0. The van der Waals surface area contributed by atoms with E-state index in [0.717, 1.165) is 58.1 Å². The van der Waals surface area contributed by atoms with Crippen LogP contribution in [0, 0.1) is 0 Å². The maximum Gasteiger partial charge on any atom is 0.191 e. The monoisotopic (exact) mass is 484 g/mol. The Bertz CT molecular complexity index is 620. The van der Waals surface area contributed by atoms with Gasteiger partial charge in [-0.3, -0.25) is 9.89 Å². The van der Waals surface area contributed by atoms with E-state index in [1.54, 1.807) is 0 Å². The zero-order valence-electron chi connectivity index (χ0n) is 16.5. The van der Waals surface area contributed by atoms with Crippen LogP contribution >= 0.6 is 24.0 Å². The lowest BCUT2D eigenvalue weighted by atomic mass is 10.1. The van der Waals surface area contributed by atoms with E-state index in [-0.39, 0.29) is 24.0 Å². The van der Waals surface area contributed by atoms with Crippen molar-refractivity contribution in [1.82, 2.24) is 15.5 Å². The van der Waals surface area contributed by atoms with Crippen molar-refractivity contribution in [2.24, 2.45) is 4.99 Å². The fraction of sp³-hybridized carbons (Fsp3) is 0.571. The van der Waals surface area contributed by atoms with Crippen LogP contribution in [0.25, 0.3) is 0 Å². The molecule has 27 heavy (non-hydrogen) atoms. The molecule has 2 N–H and O–H groups in total. The lowest BCUT2D eigenvalue weighted by molar-refractivity contribution is 0.153. The van der Waals surface area contributed by atoms with Crippen LogP contribution in [0.3, 0.4) is 0 Å². The van der Waals surface area contributed by atoms with E-state index in [1.165, 1.54) is 11.1 Å². The second kappa shape index (κ2) is 11.7. The molecule has 1 fully saturated rings. The van der Waals surface area contributed by atoms with Gasteiger partial charge in [0.15, 0.2) is 5.96 Å². The summed E-state index contributed by atoms with van der Waals surface area (Å²) in [7, 11) is 1.85. The summed E-state index contributed by atoms with van der Waals surface area (Å²) in [4.78, 5) is 6.95. The SMILES string of the molecule is CN=C(NCCC1=CCOCC1)NC1CC(C)N(Cc2ccccc2)C1.I. The number of likely N-dealkylation sites (tertiary alicyclic amines) is 1. The van der Waals surface area contributed by atoms with Gasteiger partial charge in [-0.2, -0.15) is 0 Å². The molecule has 6 heteroatoms. The zero-order chi connectivity index (χ0) is 18.2. The van der Waals surface area contributed by atoms with Crippen LogP contribution in [-0.4, -0.2) is 56.3 Å². The average Bonchev–Trinajstić information content (AvgIpc) is 3.01. The molecule has 0 radical (unpaired) electrons. The van der Waals surface area contributed by atoms with Gasteiger partial charge in [0.05, 0.1) is 13.2 Å². The number of hydrogen-bond acceptors (Lipinski definition) is 3. The number of hydrogen-bond donors (Lipinski definition) is 2. The highest BCUT2D eigenvalue weighted by molar-refractivity contribution is 14.0. The summed E-state index contributed by atoms with van der Waals surface area (Å²) in [5.41, 5.74) is 2.87. The number of ether oxygens (including phenoxy) is 1. The zero-order valence-corrected chi connectivity index (χ0v) is 18.8. The van der Waals surface area contributed by atoms with Gasteiger partial charge in [0, 0.05) is 38.8 Å². The summed E-state index contributed by atoms with van der Waals surface area (Å²) in [6.07, 6.45) is 5.48. The van der Waals surface area contributed by atoms with E-state index in [4.69, 9.17) is 4.74 Å². The first-order valence-corrected chi connectivity index (χ1v) is 9.75. The third kappa shape index (κ3) is 7.08. The first kappa shape index (κ1) is 22.2. The summed E-state index contributed by atoms with van der Waals surface area (Å²) in [6, 6.07) is 11.8. The molecule has 2 aliphatic rings. The Kier molecular flexibility index (Phi) is 9.58. The quantitative estimate of drug-likeness (QED) is 0.282. The molecule has 2 unspecified atom stereocenters. The Labute approximate surface area is 180 Å². The Morgan fingerprint density at radius 1 is 1.30 bits per heavy atom. The summed E-state index contributed by atoms with van der Waals surface area (Å²) in [6.45, 7) is 6.93. The molecular weight excluding hydrogens is 451 g/mol. The predicted octanol–water partition coefficient (Wildman–Crippen LogP) is 3.17. The van der Waals surface area contributed by atoms with Gasteiger partial charge in [-0.1, -0.05) is 42.0 Å². The predicted molar refractivity (Wildman–Crippen MR) is 123 cm³/mol. The van der Waals surface area contributed by atoms with Crippen LogP contribution in [0.1, 0.15) is 31.7 Å². The molecule has 3 rings (SSSR count). The topological polar surface area (TPSA) is 48.9 Å². The normalized spacial score (nSPS) is 23.5. The number of nitrogens with zero attached hydrogens (tertiary/aromatic N) is 2. The number of guanidine groups is 1. The molecule has 0 aliphatic carbocycles. The highest BCUT2D eigenvalue weighted by Crippen LogP contribution is 2.20. The van der Waals surface area contributed by atoms with E-state index in [0.29, 0.717) is 12.1 Å². The molecule has 150 valence electrons. The van der Waals surface area contributed by atoms with Gasteiger partial charge in [0.2, 0.25) is 0 Å². The summed E-state index contributed by atoms with van der Waals surface area (Å²) < 4.78 is 5.36. The fourth-order valence-corrected chi connectivity index (χ4v) is 3.76. The van der Waals surface area contributed by atoms with Crippen molar-refractivity contribution in [3.05, 3.63) is 47.5 Å². The minimum atomic E-state index is 0. The molecule has 0 saturated carbocycles. The minimum absolute atomic E-state index is 0. The van der Waals surface area contributed by atoms with Crippen molar-refractivity contribution in [2.45, 2.75) is 44.8 Å². The van der Waals surface area contributed by atoms with Crippen molar-refractivity contribution in [3.8, 4) is 0 Å². The van der Waals surface area contributed by atoms with E-state index >= 15 is 0 Å². The molecule has 1 aromatic carbocycles. The van der Waals surface area contributed by atoms with Crippen LogP contribution in [0.5, 0.6) is 0 Å². The lowest BCUT2D eigenvalue weighted by Gasteiger charge is -2.21. The van der Waals surface area contributed by atoms with Crippen molar-refractivity contribution in [2.75, 3.05) is 33.4 Å². The van der Waals surface area contributed by atoms with E-state index in [9.17, 15) is 0 Å². The van der Waals surface area contributed by atoms with Gasteiger partial charge in [-0.25, -0.2) is 0 Å². The first-order chi connectivity index (χ1) is 12.7. The highest BCUT2D eigenvalue weighted by Gasteiger charge is 2.29. The van der Waals surface area contributed by atoms with Crippen molar-refractivity contribution in [3.63, 3.8) is 0 Å². The van der Waals surface area contributed by atoms with E-state index in [2.05, 4.69) is 63.9 Å². The molecule has 0 amide bonds. The van der Waals surface area contributed by atoms with Crippen molar-refractivity contribution in [1.29, 1.82) is 0 Å². The molecule has 1 saturated heterocycles. The molecule has 1 aromatic rings. The Morgan fingerprint density at radius 2 is 2.11 bits per heavy atom. The Hall–Kier alpha value is -1.12. The molecule has 5 nitrogen and oxygen atoms in total. The Balaban J connectivity index is 0.00000261. The number of aliphatic imine (C=N–C) groups is 1. The number of rotatable bonds is 6. The third-order valence-corrected chi connectivity index (χ3v) is 5.29. The minimum Gasteiger partial charge on any atom is -0.377 e. The number of benzene rings is 1. The average molecular weight is 484 g/mol. The van der Waals surface area contributed by atoms with Crippen LogP contribution < -0.4 is 10.6 Å². The van der Waals surface area contributed by atoms with Gasteiger partial charge in [0.1, 0.15) is 0 Å². The first-order valence-electron chi connectivity index (χ1n) is 9.75. The van der Waals surface area contributed by atoms with Gasteiger partial charge in [0.25, 0.3) is 0 Å². The molecule has 2 aliphatic heterocycles. The van der Waals surface area contributed by atoms with Crippen LogP contribution in [0.15, 0.2) is 47.0 Å². The van der Waals surface area contributed by atoms with E-state index in [1.807, 2.05) is 7.05 Å². The van der Waals surface area contributed by atoms with E-state index < -0.39 is 0 Å². The molecular formula is C21H33IN4O. The van der Waals surface area contributed by atoms with Gasteiger partial charge in [-0.15, -0.1) is 24.0 Å². The maximum absolute atomic E-state index is 5.36. The van der Waals surface area contributed by atoms with Gasteiger partial charge < -0.3 is 15.4 Å². The van der Waals surface area contributed by atoms with Crippen molar-refractivity contribution >= 4 is 29.9 Å². The Morgan fingerprint density at radius 3 is 2.81 bits per heavy atom. The van der Waals surface area contributed by atoms with Crippen LogP contribution in [0.4, 0.5) is 0 Å². The van der Waals surface area contributed by atoms with Crippen molar-refractivity contribution < 1.29 is 4.74 Å². The summed E-state index contributed by atoms with van der Waals surface area (Å²) in [5, 5.41) is 7.06.